The van der Waals surface area contributed by atoms with Crippen LogP contribution in [0.15, 0.2) is 59.0 Å². The molecule has 9 heteroatoms. The topological polar surface area (TPSA) is 98.6 Å². The summed E-state index contributed by atoms with van der Waals surface area (Å²) >= 11 is 18.6. The van der Waals surface area contributed by atoms with E-state index in [0.717, 1.165) is 11.1 Å². The van der Waals surface area contributed by atoms with Gasteiger partial charge in [-0.25, -0.2) is 4.98 Å². The number of benzene rings is 3. The van der Waals surface area contributed by atoms with E-state index in [1.165, 1.54) is 0 Å². The van der Waals surface area contributed by atoms with Crippen molar-refractivity contribution in [3.8, 4) is 17.2 Å². The first-order valence-electron chi connectivity index (χ1n) is 9.55. The molecule has 1 atom stereocenters. The number of aromatic nitrogens is 1. The number of aliphatic carboxylic acids is 1. The number of hydrogen-bond donors (Lipinski definition) is 2. The molecule has 0 aliphatic heterocycles. The average molecular weight is 492 g/mol. The number of carbonyl (C=O) groups is 1. The largest absolute Gasteiger partial charge is 0.486 e. The molecule has 3 aromatic carbocycles. The Labute approximate surface area is 198 Å². The predicted octanol–water partition coefficient (Wildman–Crippen LogP) is 5.99. The van der Waals surface area contributed by atoms with E-state index in [2.05, 4.69) is 4.98 Å². The number of ether oxygens (including phenoxy) is 1. The lowest BCUT2D eigenvalue weighted by atomic mass is 10.1. The molecule has 0 fully saturated rings. The van der Waals surface area contributed by atoms with Gasteiger partial charge in [0.2, 0.25) is 5.89 Å². The standard InChI is InChI=1S/C23H17Cl3N2O4/c24-15-6-4-13(5-7-15)22-28-19-3-1-2-14(20(19)32-22)11-31-21-16(25)8-12(9-17(21)26)10-18(27)23(29)30/h1-9,18H,10-11,27H2,(H,29,30). The number of carboxylic acids is 1. The maximum Gasteiger partial charge on any atom is 0.320 e. The van der Waals surface area contributed by atoms with E-state index in [1.807, 2.05) is 30.3 Å². The van der Waals surface area contributed by atoms with Crippen LogP contribution in [0.3, 0.4) is 0 Å². The van der Waals surface area contributed by atoms with Crippen LogP contribution in [0.25, 0.3) is 22.6 Å². The summed E-state index contributed by atoms with van der Waals surface area (Å²) < 4.78 is 11.9. The van der Waals surface area contributed by atoms with Gasteiger partial charge in [0.05, 0.1) is 10.0 Å². The Kier molecular flexibility index (Phi) is 6.58. The first-order valence-corrected chi connectivity index (χ1v) is 10.7. The predicted molar refractivity (Wildman–Crippen MR) is 125 cm³/mol. The Balaban J connectivity index is 1.56. The summed E-state index contributed by atoms with van der Waals surface area (Å²) in [6.45, 7) is 0.139. The van der Waals surface area contributed by atoms with Gasteiger partial charge in [0, 0.05) is 16.1 Å². The molecular formula is C23H17Cl3N2O4. The summed E-state index contributed by atoms with van der Waals surface area (Å²) in [4.78, 5) is 15.5. The van der Waals surface area contributed by atoms with E-state index in [0.29, 0.717) is 27.6 Å². The maximum absolute atomic E-state index is 11.0. The van der Waals surface area contributed by atoms with E-state index < -0.39 is 12.0 Å². The number of fused-ring (bicyclic) bond motifs is 1. The fraction of sp³-hybridized carbons (Fsp3) is 0.130. The molecule has 4 aromatic rings. The Morgan fingerprint density at radius 3 is 2.44 bits per heavy atom. The van der Waals surface area contributed by atoms with E-state index >= 15 is 0 Å². The number of carboxylic acid groups (broad SMARTS) is 1. The highest BCUT2D eigenvalue weighted by Gasteiger charge is 2.17. The van der Waals surface area contributed by atoms with Gasteiger partial charge in [-0.15, -0.1) is 0 Å². The molecule has 3 N–H and O–H groups in total. The summed E-state index contributed by atoms with van der Waals surface area (Å²) in [5.74, 6) is -0.342. The van der Waals surface area contributed by atoms with E-state index in [1.54, 1.807) is 24.3 Å². The molecule has 0 radical (unpaired) electrons. The second-order valence-corrected chi connectivity index (χ2v) is 8.37. The summed E-state index contributed by atoms with van der Waals surface area (Å²) in [5.41, 5.74) is 9.04. The quantitative estimate of drug-likeness (QED) is 0.329. The van der Waals surface area contributed by atoms with Gasteiger partial charge in [-0.05, 0) is 54.4 Å². The molecule has 0 aliphatic carbocycles. The van der Waals surface area contributed by atoms with Crippen molar-refractivity contribution in [1.82, 2.24) is 4.98 Å². The molecule has 0 spiro atoms. The van der Waals surface area contributed by atoms with Gasteiger partial charge in [-0.3, -0.25) is 4.79 Å². The van der Waals surface area contributed by atoms with Crippen molar-refractivity contribution < 1.29 is 19.1 Å². The lowest BCUT2D eigenvalue weighted by Gasteiger charge is -2.13. The highest BCUT2D eigenvalue weighted by Crippen LogP contribution is 2.36. The lowest BCUT2D eigenvalue weighted by molar-refractivity contribution is -0.138. The second-order valence-electron chi connectivity index (χ2n) is 7.12. The molecule has 4 rings (SSSR count). The molecule has 0 aliphatic rings. The average Bonchev–Trinajstić information content (AvgIpc) is 3.18. The zero-order valence-corrected chi connectivity index (χ0v) is 18.8. The number of hydrogen-bond acceptors (Lipinski definition) is 5. The van der Waals surface area contributed by atoms with Gasteiger partial charge in [-0.1, -0.05) is 46.9 Å². The summed E-state index contributed by atoms with van der Waals surface area (Å²) in [6, 6.07) is 14.9. The number of rotatable bonds is 7. The van der Waals surface area contributed by atoms with Crippen LogP contribution in [0.4, 0.5) is 0 Å². The third-order valence-corrected chi connectivity index (χ3v) is 5.60. The number of oxazole rings is 1. The molecule has 6 nitrogen and oxygen atoms in total. The zero-order valence-electron chi connectivity index (χ0n) is 16.5. The van der Waals surface area contributed by atoms with Gasteiger partial charge in [0.1, 0.15) is 18.2 Å². The van der Waals surface area contributed by atoms with E-state index in [9.17, 15) is 4.79 Å². The number of nitrogens with two attached hydrogens (primary N) is 1. The minimum Gasteiger partial charge on any atom is -0.486 e. The highest BCUT2D eigenvalue weighted by molar-refractivity contribution is 6.37. The third kappa shape index (κ3) is 4.84. The van der Waals surface area contributed by atoms with Crippen molar-refractivity contribution in [3.05, 3.63) is 80.8 Å². The number of halogens is 3. The molecular weight excluding hydrogens is 475 g/mol. The van der Waals surface area contributed by atoms with Crippen LogP contribution in [0.1, 0.15) is 11.1 Å². The third-order valence-electron chi connectivity index (χ3n) is 4.79. The van der Waals surface area contributed by atoms with E-state index in [4.69, 9.17) is 54.8 Å². The van der Waals surface area contributed by atoms with Crippen LogP contribution in [0.5, 0.6) is 5.75 Å². The maximum atomic E-state index is 11.0. The summed E-state index contributed by atoms with van der Waals surface area (Å²) in [7, 11) is 0. The van der Waals surface area contributed by atoms with Crippen LogP contribution in [-0.4, -0.2) is 22.1 Å². The summed E-state index contributed by atoms with van der Waals surface area (Å²) in [5, 5.41) is 10.1. The zero-order chi connectivity index (χ0) is 22.8. The molecule has 32 heavy (non-hydrogen) atoms. The molecule has 1 heterocycles. The van der Waals surface area contributed by atoms with Gasteiger partial charge in [-0.2, -0.15) is 0 Å². The fourth-order valence-electron chi connectivity index (χ4n) is 3.19. The minimum absolute atomic E-state index is 0.0971. The van der Waals surface area contributed by atoms with Gasteiger partial charge >= 0.3 is 5.97 Å². The lowest BCUT2D eigenvalue weighted by Crippen LogP contribution is -2.32. The van der Waals surface area contributed by atoms with Crippen LogP contribution in [-0.2, 0) is 17.8 Å². The minimum atomic E-state index is -1.10. The van der Waals surface area contributed by atoms with Gasteiger partial charge < -0.3 is 20.0 Å². The van der Waals surface area contributed by atoms with Crippen molar-refractivity contribution >= 4 is 51.9 Å². The number of para-hydroxylation sites is 1. The smallest absolute Gasteiger partial charge is 0.320 e. The van der Waals surface area contributed by atoms with E-state index in [-0.39, 0.29) is 28.8 Å². The Morgan fingerprint density at radius 2 is 1.78 bits per heavy atom. The molecule has 0 saturated carbocycles. The van der Waals surface area contributed by atoms with Crippen LogP contribution in [0, 0.1) is 0 Å². The highest BCUT2D eigenvalue weighted by atomic mass is 35.5. The molecule has 0 saturated heterocycles. The summed E-state index contributed by atoms with van der Waals surface area (Å²) in [6.07, 6.45) is 0.0971. The van der Waals surface area contributed by atoms with Crippen LogP contribution >= 0.6 is 34.8 Å². The fourth-order valence-corrected chi connectivity index (χ4v) is 3.96. The van der Waals surface area contributed by atoms with Gasteiger partial charge in [0.25, 0.3) is 0 Å². The first kappa shape index (κ1) is 22.4. The van der Waals surface area contributed by atoms with Gasteiger partial charge in [0.15, 0.2) is 11.3 Å². The SMILES string of the molecule is NC(Cc1cc(Cl)c(OCc2cccc3nc(-c4ccc(Cl)cc4)oc23)c(Cl)c1)C(=O)O. The van der Waals surface area contributed by atoms with Crippen LogP contribution in [0.2, 0.25) is 15.1 Å². The number of nitrogens with zero attached hydrogens (tertiary/aromatic N) is 1. The first-order chi connectivity index (χ1) is 15.3. The molecule has 164 valence electrons. The van der Waals surface area contributed by atoms with Crippen molar-refractivity contribution in [2.75, 3.05) is 0 Å². The van der Waals surface area contributed by atoms with Crippen molar-refractivity contribution in [2.24, 2.45) is 5.73 Å². The molecule has 1 aromatic heterocycles. The Morgan fingerprint density at radius 1 is 1.09 bits per heavy atom. The van der Waals surface area contributed by atoms with Crippen molar-refractivity contribution in [1.29, 1.82) is 0 Å². The molecule has 0 amide bonds. The van der Waals surface area contributed by atoms with Crippen molar-refractivity contribution in [2.45, 2.75) is 19.1 Å². The van der Waals surface area contributed by atoms with Crippen LogP contribution < -0.4 is 10.5 Å². The molecule has 1 unspecified atom stereocenters. The Hall–Kier alpha value is -2.77. The second kappa shape index (κ2) is 9.38. The Bertz CT molecular complexity index is 1270. The monoisotopic (exact) mass is 490 g/mol. The molecule has 0 bridgehead atoms. The van der Waals surface area contributed by atoms with Crippen molar-refractivity contribution in [3.63, 3.8) is 0 Å². The normalized spacial score (nSPS) is 12.1.